The van der Waals surface area contributed by atoms with Gasteiger partial charge in [-0.25, -0.2) is 9.97 Å². The Bertz CT molecular complexity index is 1060. The van der Waals surface area contributed by atoms with E-state index in [1.807, 2.05) is 49.4 Å². The third-order valence-corrected chi connectivity index (χ3v) is 4.47. The van der Waals surface area contributed by atoms with E-state index in [2.05, 4.69) is 36.1 Å². The molecule has 0 fully saturated rings. The number of hydrogen-bond acceptors (Lipinski definition) is 4. The molecule has 0 aliphatic heterocycles. The predicted octanol–water partition coefficient (Wildman–Crippen LogP) is 5.54. The Morgan fingerprint density at radius 2 is 1.96 bits per heavy atom. The molecule has 0 saturated carbocycles. The van der Waals surface area contributed by atoms with Crippen LogP contribution in [0.2, 0.25) is 5.15 Å². The Kier molecular flexibility index (Phi) is 4.15. The molecule has 0 spiro atoms. The number of hydrogen-bond donors (Lipinski definition) is 1. The Morgan fingerprint density at radius 1 is 1.16 bits per heavy atom. The first-order valence-electron chi connectivity index (χ1n) is 7.52. The average Bonchev–Trinajstić information content (AvgIpc) is 3.03. The lowest BCUT2D eigenvalue weighted by Gasteiger charge is -2.12. The maximum Gasteiger partial charge on any atom is 0.174 e. The molecule has 0 aliphatic carbocycles. The highest BCUT2D eigenvalue weighted by atomic mass is 79.9. The van der Waals surface area contributed by atoms with E-state index in [1.165, 1.54) is 0 Å². The first kappa shape index (κ1) is 16.1. The van der Waals surface area contributed by atoms with Gasteiger partial charge in [0.1, 0.15) is 11.4 Å². The number of pyridine rings is 2. The van der Waals surface area contributed by atoms with Crippen LogP contribution in [-0.2, 0) is 0 Å². The van der Waals surface area contributed by atoms with Crippen LogP contribution >= 0.6 is 27.5 Å². The zero-order valence-corrected chi connectivity index (χ0v) is 15.5. The van der Waals surface area contributed by atoms with Gasteiger partial charge in [-0.3, -0.25) is 5.10 Å². The van der Waals surface area contributed by atoms with E-state index in [-0.39, 0.29) is 5.15 Å². The normalized spacial score (nSPS) is 11.0. The van der Waals surface area contributed by atoms with Crippen LogP contribution in [0.15, 0.2) is 53.1 Å². The van der Waals surface area contributed by atoms with Gasteiger partial charge in [0.05, 0.1) is 5.56 Å². The minimum absolute atomic E-state index is 0.290. The Hall–Kier alpha value is -2.44. The fourth-order valence-corrected chi connectivity index (χ4v) is 3.11. The van der Waals surface area contributed by atoms with Crippen LogP contribution in [0.3, 0.4) is 0 Å². The summed E-state index contributed by atoms with van der Waals surface area (Å²) in [7, 11) is 0. The molecule has 0 amide bonds. The smallest absolute Gasteiger partial charge is 0.174 e. The molecule has 0 atom stereocenters. The molecular weight excluding hydrogens is 404 g/mol. The first-order valence-corrected chi connectivity index (χ1v) is 8.69. The molecule has 0 saturated heterocycles. The van der Waals surface area contributed by atoms with Crippen molar-refractivity contribution >= 4 is 38.6 Å². The van der Waals surface area contributed by atoms with Gasteiger partial charge in [-0.1, -0.05) is 27.5 Å². The van der Waals surface area contributed by atoms with Crippen molar-refractivity contribution < 1.29 is 4.74 Å². The van der Waals surface area contributed by atoms with E-state index < -0.39 is 0 Å². The highest BCUT2D eigenvalue weighted by Gasteiger charge is 2.19. The standard InChI is InChI=1S/C18H12BrClN4O/c1-10-9-14(15-13-3-2-8-21-18(13)24-23-15)16(17(20)22-10)25-12-6-4-11(19)5-7-12/h2-9H,1H3,(H,21,23,24). The van der Waals surface area contributed by atoms with Crippen LogP contribution in [0.1, 0.15) is 5.69 Å². The van der Waals surface area contributed by atoms with Crippen molar-refractivity contribution in [3.8, 4) is 22.8 Å². The van der Waals surface area contributed by atoms with E-state index in [1.54, 1.807) is 6.20 Å². The summed E-state index contributed by atoms with van der Waals surface area (Å²) in [4.78, 5) is 8.60. The lowest BCUT2D eigenvalue weighted by molar-refractivity contribution is 0.482. The van der Waals surface area contributed by atoms with Crippen molar-refractivity contribution in [3.05, 3.63) is 64.0 Å². The molecule has 1 N–H and O–H groups in total. The Labute approximate surface area is 157 Å². The monoisotopic (exact) mass is 414 g/mol. The first-order chi connectivity index (χ1) is 12.1. The summed E-state index contributed by atoms with van der Waals surface area (Å²) < 4.78 is 7.00. The number of H-pyrrole nitrogens is 1. The fourth-order valence-electron chi connectivity index (χ4n) is 2.58. The molecule has 25 heavy (non-hydrogen) atoms. The molecule has 3 heterocycles. The molecule has 5 nitrogen and oxygen atoms in total. The van der Waals surface area contributed by atoms with Gasteiger partial charge in [-0.2, -0.15) is 5.10 Å². The summed E-state index contributed by atoms with van der Waals surface area (Å²) in [6, 6.07) is 13.2. The average molecular weight is 416 g/mol. The number of halogens is 2. The number of benzene rings is 1. The largest absolute Gasteiger partial charge is 0.453 e. The Morgan fingerprint density at radius 3 is 2.76 bits per heavy atom. The van der Waals surface area contributed by atoms with E-state index in [0.717, 1.165) is 26.8 Å². The number of aromatic nitrogens is 4. The van der Waals surface area contributed by atoms with Crippen molar-refractivity contribution in [1.82, 2.24) is 20.2 Å². The van der Waals surface area contributed by atoms with Gasteiger partial charge in [0.25, 0.3) is 0 Å². The second-order valence-electron chi connectivity index (χ2n) is 5.46. The minimum atomic E-state index is 0.290. The van der Waals surface area contributed by atoms with Crippen molar-refractivity contribution in [2.75, 3.05) is 0 Å². The van der Waals surface area contributed by atoms with Crippen LogP contribution in [0.25, 0.3) is 22.3 Å². The van der Waals surface area contributed by atoms with E-state index in [0.29, 0.717) is 17.1 Å². The lowest BCUT2D eigenvalue weighted by Crippen LogP contribution is -1.94. The number of nitrogens with zero attached hydrogens (tertiary/aromatic N) is 3. The van der Waals surface area contributed by atoms with Crippen LogP contribution in [-0.4, -0.2) is 20.2 Å². The summed E-state index contributed by atoms with van der Waals surface area (Å²) >= 11 is 9.80. The van der Waals surface area contributed by atoms with Gasteiger partial charge in [0.2, 0.25) is 0 Å². The maximum atomic E-state index is 6.38. The fraction of sp³-hybridized carbons (Fsp3) is 0.0556. The van der Waals surface area contributed by atoms with Crippen LogP contribution in [0.4, 0.5) is 0 Å². The molecule has 7 heteroatoms. The molecule has 4 rings (SSSR count). The van der Waals surface area contributed by atoms with Crippen LogP contribution < -0.4 is 4.74 Å². The number of fused-ring (bicyclic) bond motifs is 1. The molecule has 3 aromatic heterocycles. The maximum absolute atomic E-state index is 6.38. The Balaban J connectivity index is 1.88. The quantitative estimate of drug-likeness (QED) is 0.446. The van der Waals surface area contributed by atoms with Crippen molar-refractivity contribution in [3.63, 3.8) is 0 Å². The van der Waals surface area contributed by atoms with Gasteiger partial charge in [0.15, 0.2) is 16.5 Å². The van der Waals surface area contributed by atoms with Crippen molar-refractivity contribution in [2.45, 2.75) is 6.92 Å². The predicted molar refractivity (Wildman–Crippen MR) is 101 cm³/mol. The second-order valence-corrected chi connectivity index (χ2v) is 6.73. The summed E-state index contributed by atoms with van der Waals surface area (Å²) in [6.07, 6.45) is 1.72. The number of ether oxygens (including phenoxy) is 1. The summed E-state index contributed by atoms with van der Waals surface area (Å²) in [6.45, 7) is 1.88. The van der Waals surface area contributed by atoms with Crippen molar-refractivity contribution in [2.24, 2.45) is 0 Å². The van der Waals surface area contributed by atoms with E-state index in [9.17, 15) is 0 Å². The molecule has 124 valence electrons. The molecular formula is C18H12BrClN4O. The number of aromatic amines is 1. The molecule has 0 aliphatic rings. The molecule has 0 unspecified atom stereocenters. The number of rotatable bonds is 3. The highest BCUT2D eigenvalue weighted by molar-refractivity contribution is 9.10. The SMILES string of the molecule is Cc1cc(-c2n[nH]c3ncccc23)c(Oc2ccc(Br)cc2)c(Cl)n1. The van der Waals surface area contributed by atoms with Gasteiger partial charge < -0.3 is 4.74 Å². The van der Waals surface area contributed by atoms with Gasteiger partial charge in [-0.05, 0) is 49.4 Å². The summed E-state index contributed by atoms with van der Waals surface area (Å²) in [5.41, 5.74) is 2.98. The molecule has 4 aromatic rings. The topological polar surface area (TPSA) is 63.7 Å². The van der Waals surface area contributed by atoms with Crippen LogP contribution in [0, 0.1) is 6.92 Å². The van der Waals surface area contributed by atoms with Crippen molar-refractivity contribution in [1.29, 1.82) is 0 Å². The van der Waals surface area contributed by atoms with Gasteiger partial charge >= 0.3 is 0 Å². The zero-order chi connectivity index (χ0) is 17.4. The van der Waals surface area contributed by atoms with Gasteiger partial charge in [0, 0.05) is 21.7 Å². The summed E-state index contributed by atoms with van der Waals surface area (Å²) in [5, 5.41) is 8.52. The minimum Gasteiger partial charge on any atom is -0.453 e. The number of aryl methyl sites for hydroxylation is 1. The third-order valence-electron chi connectivity index (χ3n) is 3.68. The molecule has 0 bridgehead atoms. The highest BCUT2D eigenvalue weighted by Crippen LogP contribution is 2.40. The lowest BCUT2D eigenvalue weighted by atomic mass is 10.1. The van der Waals surface area contributed by atoms with E-state index in [4.69, 9.17) is 16.3 Å². The zero-order valence-electron chi connectivity index (χ0n) is 13.1. The number of nitrogens with one attached hydrogen (secondary N) is 1. The second kappa shape index (κ2) is 6.46. The molecule has 0 radical (unpaired) electrons. The van der Waals surface area contributed by atoms with Crippen LogP contribution in [0.5, 0.6) is 11.5 Å². The summed E-state index contributed by atoms with van der Waals surface area (Å²) in [5.74, 6) is 1.13. The molecule has 1 aromatic carbocycles. The van der Waals surface area contributed by atoms with Gasteiger partial charge in [-0.15, -0.1) is 0 Å². The third kappa shape index (κ3) is 3.10. The van der Waals surface area contributed by atoms with E-state index >= 15 is 0 Å².